The first-order chi connectivity index (χ1) is 9.06. The molecule has 3 heterocycles. The lowest BCUT2D eigenvalue weighted by atomic mass is 10.1. The molecule has 19 heavy (non-hydrogen) atoms. The van der Waals surface area contributed by atoms with Crippen molar-refractivity contribution in [2.45, 2.75) is 25.6 Å². The van der Waals surface area contributed by atoms with Crippen LogP contribution in [-0.4, -0.2) is 41.5 Å². The quantitative estimate of drug-likeness (QED) is 0.877. The van der Waals surface area contributed by atoms with Gasteiger partial charge in [-0.1, -0.05) is 0 Å². The lowest BCUT2D eigenvalue weighted by Crippen LogP contribution is -2.24. The van der Waals surface area contributed by atoms with Crippen LogP contribution in [0.3, 0.4) is 0 Å². The van der Waals surface area contributed by atoms with E-state index in [0.29, 0.717) is 24.5 Å². The Morgan fingerprint density at radius 3 is 2.68 bits per heavy atom. The van der Waals surface area contributed by atoms with Gasteiger partial charge in [0, 0.05) is 5.56 Å². The Labute approximate surface area is 107 Å². The number of alkyl halides is 2. The van der Waals surface area contributed by atoms with Crippen molar-refractivity contribution in [2.75, 3.05) is 18.0 Å². The first kappa shape index (κ1) is 12.3. The molecule has 1 N–H and O–H groups in total. The van der Waals surface area contributed by atoms with E-state index in [0.717, 1.165) is 0 Å². The third-order valence-electron chi connectivity index (χ3n) is 3.38. The van der Waals surface area contributed by atoms with Gasteiger partial charge < -0.3 is 14.7 Å². The summed E-state index contributed by atoms with van der Waals surface area (Å²) >= 11 is 0. The van der Waals surface area contributed by atoms with E-state index in [1.54, 1.807) is 0 Å². The molecular formula is C12H12F2N2O3. The molecule has 3 rings (SSSR count). The number of rotatable bonds is 2. The van der Waals surface area contributed by atoms with Crippen molar-refractivity contribution in [1.29, 1.82) is 0 Å². The van der Waals surface area contributed by atoms with Crippen LogP contribution in [0, 0.1) is 0 Å². The van der Waals surface area contributed by atoms with Crippen LogP contribution in [0.2, 0.25) is 0 Å². The standard InChI is InChI=1S/C12H12F2N2O3/c13-8-2-16(3-9(8)14)11-7(12(17)18)1-6-4-19-5-10(6)15-11/h1,8-9H,2-5H2,(H,17,18)/t8-,9+. The molecule has 0 aromatic carbocycles. The highest BCUT2D eigenvalue weighted by atomic mass is 19.2. The number of aromatic nitrogens is 1. The number of carbonyl (C=O) groups is 1. The monoisotopic (exact) mass is 270 g/mol. The van der Waals surface area contributed by atoms with Gasteiger partial charge in [-0.05, 0) is 6.07 Å². The SMILES string of the molecule is O=C(O)c1cc2c(nc1N1C[C@@H](F)[C@@H](F)C1)COC2. The number of carboxylic acid groups (broad SMARTS) is 1. The smallest absolute Gasteiger partial charge is 0.339 e. The summed E-state index contributed by atoms with van der Waals surface area (Å²) in [6.07, 6.45) is -3.21. The Morgan fingerprint density at radius 1 is 1.37 bits per heavy atom. The number of aromatic carboxylic acids is 1. The van der Waals surface area contributed by atoms with E-state index in [2.05, 4.69) is 4.98 Å². The Bertz CT molecular complexity index is 528. The van der Waals surface area contributed by atoms with E-state index >= 15 is 0 Å². The molecule has 5 nitrogen and oxygen atoms in total. The normalized spacial score (nSPS) is 25.7. The minimum absolute atomic E-state index is 0.0365. The summed E-state index contributed by atoms with van der Waals surface area (Å²) in [5.41, 5.74) is 1.32. The highest BCUT2D eigenvalue weighted by Gasteiger charge is 2.36. The zero-order valence-corrected chi connectivity index (χ0v) is 9.97. The Kier molecular flexibility index (Phi) is 2.85. The molecule has 1 aromatic rings. The second kappa shape index (κ2) is 4.41. The molecule has 2 aliphatic heterocycles. The van der Waals surface area contributed by atoms with Gasteiger partial charge in [0.25, 0.3) is 0 Å². The number of fused-ring (bicyclic) bond motifs is 1. The highest BCUT2D eigenvalue weighted by Crippen LogP contribution is 2.29. The van der Waals surface area contributed by atoms with Crippen LogP contribution in [0.15, 0.2) is 6.07 Å². The fraction of sp³-hybridized carbons (Fsp3) is 0.500. The number of hydrogen-bond acceptors (Lipinski definition) is 4. The maximum Gasteiger partial charge on any atom is 0.339 e. The van der Waals surface area contributed by atoms with E-state index in [1.807, 2.05) is 0 Å². The summed E-state index contributed by atoms with van der Waals surface area (Å²) in [5.74, 6) is -1.03. The molecule has 2 atom stereocenters. The van der Waals surface area contributed by atoms with Gasteiger partial charge in [-0.2, -0.15) is 0 Å². The molecule has 0 amide bonds. The number of anilines is 1. The topological polar surface area (TPSA) is 62.7 Å². The third kappa shape index (κ3) is 2.03. The molecule has 0 bridgehead atoms. The maximum absolute atomic E-state index is 13.2. The van der Waals surface area contributed by atoms with Crippen LogP contribution < -0.4 is 4.90 Å². The van der Waals surface area contributed by atoms with E-state index in [4.69, 9.17) is 4.74 Å². The largest absolute Gasteiger partial charge is 0.478 e. The van der Waals surface area contributed by atoms with Crippen LogP contribution in [0.5, 0.6) is 0 Å². The molecule has 1 fully saturated rings. The van der Waals surface area contributed by atoms with E-state index in [1.165, 1.54) is 11.0 Å². The first-order valence-corrected chi connectivity index (χ1v) is 5.93. The van der Waals surface area contributed by atoms with Crippen LogP contribution in [0.4, 0.5) is 14.6 Å². The maximum atomic E-state index is 13.2. The van der Waals surface area contributed by atoms with Gasteiger partial charge in [-0.3, -0.25) is 0 Å². The summed E-state index contributed by atoms with van der Waals surface area (Å²) in [6, 6.07) is 1.48. The summed E-state index contributed by atoms with van der Waals surface area (Å²) in [7, 11) is 0. The van der Waals surface area contributed by atoms with Gasteiger partial charge in [-0.15, -0.1) is 0 Å². The fourth-order valence-corrected chi connectivity index (χ4v) is 2.39. The van der Waals surface area contributed by atoms with Gasteiger partial charge in [0.2, 0.25) is 0 Å². The molecule has 0 aliphatic carbocycles. The van der Waals surface area contributed by atoms with E-state index < -0.39 is 18.3 Å². The molecule has 0 saturated carbocycles. The molecular weight excluding hydrogens is 258 g/mol. The molecule has 1 aromatic heterocycles. The molecule has 102 valence electrons. The molecule has 7 heteroatoms. The number of pyridine rings is 1. The second-order valence-electron chi connectivity index (χ2n) is 4.70. The number of nitrogens with zero attached hydrogens (tertiary/aromatic N) is 2. The Balaban J connectivity index is 2.02. The van der Waals surface area contributed by atoms with Crippen LogP contribution >= 0.6 is 0 Å². The predicted molar refractivity (Wildman–Crippen MR) is 61.7 cm³/mol. The fourth-order valence-electron chi connectivity index (χ4n) is 2.39. The zero-order chi connectivity index (χ0) is 13.6. The van der Waals surface area contributed by atoms with Crippen molar-refractivity contribution < 1.29 is 23.4 Å². The predicted octanol–water partition coefficient (Wildman–Crippen LogP) is 1.31. The molecule has 0 spiro atoms. The summed E-state index contributed by atoms with van der Waals surface area (Å²) in [6.45, 7) is 0.275. The summed E-state index contributed by atoms with van der Waals surface area (Å²) in [5, 5.41) is 9.19. The zero-order valence-electron chi connectivity index (χ0n) is 9.97. The van der Waals surface area contributed by atoms with Crippen molar-refractivity contribution in [2.24, 2.45) is 0 Å². The van der Waals surface area contributed by atoms with E-state index in [9.17, 15) is 18.7 Å². The molecule has 0 unspecified atom stereocenters. The summed E-state index contributed by atoms with van der Waals surface area (Å²) in [4.78, 5) is 16.8. The van der Waals surface area contributed by atoms with Gasteiger partial charge in [0.05, 0.1) is 32.0 Å². The van der Waals surface area contributed by atoms with E-state index in [-0.39, 0.29) is 24.5 Å². The highest BCUT2D eigenvalue weighted by molar-refractivity contribution is 5.93. The number of ether oxygens (including phenoxy) is 1. The molecule has 0 radical (unpaired) electrons. The van der Waals surface area contributed by atoms with Crippen molar-refractivity contribution in [3.05, 3.63) is 22.9 Å². The van der Waals surface area contributed by atoms with Gasteiger partial charge in [0.15, 0.2) is 12.3 Å². The van der Waals surface area contributed by atoms with Crippen molar-refractivity contribution >= 4 is 11.8 Å². The second-order valence-corrected chi connectivity index (χ2v) is 4.70. The number of hydrogen-bond donors (Lipinski definition) is 1. The number of carboxylic acids is 1. The van der Waals surface area contributed by atoms with Gasteiger partial charge in [0.1, 0.15) is 11.4 Å². The Hall–Kier alpha value is -1.76. The minimum Gasteiger partial charge on any atom is -0.478 e. The van der Waals surface area contributed by atoms with Gasteiger partial charge in [-0.25, -0.2) is 18.6 Å². The van der Waals surface area contributed by atoms with Crippen molar-refractivity contribution in [3.63, 3.8) is 0 Å². The first-order valence-electron chi connectivity index (χ1n) is 5.93. The molecule has 1 saturated heterocycles. The average molecular weight is 270 g/mol. The van der Waals surface area contributed by atoms with Crippen LogP contribution in [0.25, 0.3) is 0 Å². The number of halogens is 2. The Morgan fingerprint density at radius 2 is 2.05 bits per heavy atom. The minimum atomic E-state index is -1.60. The molecule has 2 aliphatic rings. The van der Waals surface area contributed by atoms with Crippen LogP contribution in [-0.2, 0) is 18.0 Å². The third-order valence-corrected chi connectivity index (χ3v) is 3.38. The average Bonchev–Trinajstić information content (AvgIpc) is 2.94. The van der Waals surface area contributed by atoms with Crippen molar-refractivity contribution in [1.82, 2.24) is 4.98 Å². The van der Waals surface area contributed by atoms with Crippen molar-refractivity contribution in [3.8, 4) is 0 Å². The summed E-state index contributed by atoms with van der Waals surface area (Å²) < 4.78 is 31.7. The lowest BCUT2D eigenvalue weighted by Gasteiger charge is -2.19. The van der Waals surface area contributed by atoms with Gasteiger partial charge >= 0.3 is 5.97 Å². The lowest BCUT2D eigenvalue weighted by molar-refractivity contribution is 0.0697. The van der Waals surface area contributed by atoms with Crippen LogP contribution in [0.1, 0.15) is 21.6 Å².